The molecule has 0 radical (unpaired) electrons. The molecule has 4 heterocycles. The summed E-state index contributed by atoms with van der Waals surface area (Å²) in [5.41, 5.74) is 19.8. The van der Waals surface area contributed by atoms with Crippen molar-refractivity contribution in [1.29, 1.82) is 0 Å². The number of benzene rings is 6. The minimum Gasteiger partial charge on any atom is -0.691 e. The Morgan fingerprint density at radius 1 is 0.474 bits per heavy atom. The monoisotopic (exact) mass is 1350 g/mol. The Balaban J connectivity index is 0.000000195. The lowest BCUT2D eigenvalue weighted by atomic mass is 9.78. The molecule has 12 rings (SSSR count). The summed E-state index contributed by atoms with van der Waals surface area (Å²) in [5.74, 6) is 1.28. The highest BCUT2D eigenvalue weighted by Crippen LogP contribution is 2.53. The minimum atomic E-state index is -0.256. The SMILES string of the molecule is CCCCC[N+]1=C(C=CC2=C(Cl)C(=CC=C3N(CCCCSOO[O-])c4ccccc4C3(C)C)CC2)C(C)(C)c2ccccc21.CCC[N+]1=C(C=CC2=C(Cl)C(=CC=C3N(CCSOO[O-])c4ccc5ccccc5c4C3(C)C)CCC2)C(C)(C)c2c1ccc1ccccc21. The molecule has 0 unspecified atom stereocenters. The van der Waals surface area contributed by atoms with Gasteiger partial charge in [0.05, 0.1) is 10.8 Å². The summed E-state index contributed by atoms with van der Waals surface area (Å²) < 4.78 is 14.1. The van der Waals surface area contributed by atoms with E-state index in [-0.39, 0.29) is 21.7 Å². The zero-order valence-corrected chi connectivity index (χ0v) is 60.1. The van der Waals surface area contributed by atoms with Crippen molar-refractivity contribution in [2.24, 2.45) is 0 Å². The molecule has 6 aliphatic rings. The van der Waals surface area contributed by atoms with Gasteiger partial charge in [-0.2, -0.15) is 17.8 Å². The van der Waals surface area contributed by atoms with E-state index in [4.69, 9.17) is 23.2 Å². The summed E-state index contributed by atoms with van der Waals surface area (Å²) >= 11 is 16.5. The first-order valence-corrected chi connectivity index (χ1v) is 36.7. The number of para-hydroxylation sites is 2. The molecule has 0 atom stereocenters. The number of rotatable bonds is 24. The van der Waals surface area contributed by atoms with Crippen molar-refractivity contribution in [3.8, 4) is 0 Å². The lowest BCUT2D eigenvalue weighted by Gasteiger charge is -2.27. The van der Waals surface area contributed by atoms with E-state index in [0.29, 0.717) is 18.1 Å². The molecule has 0 amide bonds. The van der Waals surface area contributed by atoms with Crippen LogP contribution in [0.25, 0.3) is 21.5 Å². The van der Waals surface area contributed by atoms with Crippen LogP contribution in [0.1, 0.15) is 162 Å². The van der Waals surface area contributed by atoms with Gasteiger partial charge in [-0.05, 0) is 164 Å². The molecule has 95 heavy (non-hydrogen) atoms. The van der Waals surface area contributed by atoms with E-state index in [9.17, 15) is 10.5 Å². The van der Waals surface area contributed by atoms with E-state index in [2.05, 4.69) is 277 Å². The predicted molar refractivity (Wildman–Crippen MR) is 395 cm³/mol. The van der Waals surface area contributed by atoms with Crippen molar-refractivity contribution in [2.45, 2.75) is 162 Å². The second-order valence-corrected chi connectivity index (χ2v) is 30.1. The van der Waals surface area contributed by atoms with Crippen LogP contribution in [0.4, 0.5) is 22.7 Å². The molecule has 14 heteroatoms. The predicted octanol–water partition coefficient (Wildman–Crippen LogP) is 19.8. The minimum absolute atomic E-state index is 0.0594. The zero-order valence-electron chi connectivity index (χ0n) is 57.0. The smallest absolute Gasteiger partial charge is 0.210 e. The summed E-state index contributed by atoms with van der Waals surface area (Å²) in [6, 6.07) is 43.8. The molecule has 0 spiro atoms. The lowest BCUT2D eigenvalue weighted by molar-refractivity contribution is -0.777. The summed E-state index contributed by atoms with van der Waals surface area (Å²) in [4.78, 5) is 4.79. The Bertz CT molecular complexity index is 4180. The maximum absolute atomic E-state index is 10.5. The molecule has 10 nitrogen and oxygen atoms in total. The van der Waals surface area contributed by atoms with Crippen LogP contribution in [-0.2, 0) is 40.4 Å². The van der Waals surface area contributed by atoms with E-state index in [1.165, 1.54) is 125 Å². The van der Waals surface area contributed by atoms with Gasteiger partial charge in [0.25, 0.3) is 0 Å². The number of unbranched alkanes of at least 4 members (excludes halogenated alkanes) is 3. The zero-order chi connectivity index (χ0) is 67.1. The van der Waals surface area contributed by atoms with Gasteiger partial charge in [0.15, 0.2) is 11.4 Å². The Labute approximate surface area is 582 Å². The largest absolute Gasteiger partial charge is 0.691 e. The maximum Gasteiger partial charge on any atom is 0.210 e. The van der Waals surface area contributed by atoms with Gasteiger partial charge >= 0.3 is 0 Å². The second-order valence-electron chi connectivity index (χ2n) is 27.8. The van der Waals surface area contributed by atoms with Crippen LogP contribution in [0, 0.1) is 0 Å². The average molecular weight is 1350 g/mol. The molecule has 4 aliphatic heterocycles. The van der Waals surface area contributed by atoms with E-state index >= 15 is 0 Å². The van der Waals surface area contributed by atoms with Crippen LogP contribution in [0.2, 0.25) is 0 Å². The quantitative estimate of drug-likeness (QED) is 0.0192. The number of fused-ring (bicyclic) bond motifs is 8. The van der Waals surface area contributed by atoms with Crippen LogP contribution in [-0.4, -0.2) is 58.3 Å². The first-order valence-electron chi connectivity index (χ1n) is 34.1. The fourth-order valence-corrected chi connectivity index (χ4v) is 17.1. The van der Waals surface area contributed by atoms with Crippen molar-refractivity contribution in [2.75, 3.05) is 47.5 Å². The fraction of sp³-hybridized carbons (Fsp3) is 0.383. The van der Waals surface area contributed by atoms with Gasteiger partial charge in [0.1, 0.15) is 13.1 Å². The van der Waals surface area contributed by atoms with Crippen LogP contribution in [0.5, 0.6) is 0 Å². The number of hydrogen-bond donors (Lipinski definition) is 0. The van der Waals surface area contributed by atoms with Crippen molar-refractivity contribution in [1.82, 2.24) is 0 Å². The molecular formula is C81H92Cl2N4O6S2. The van der Waals surface area contributed by atoms with E-state index < -0.39 is 0 Å². The van der Waals surface area contributed by atoms with Gasteiger partial charge in [-0.3, -0.25) is 10.1 Å². The van der Waals surface area contributed by atoms with Gasteiger partial charge < -0.3 is 20.3 Å². The third-order valence-electron chi connectivity index (χ3n) is 20.4. The second kappa shape index (κ2) is 30.7. The Hall–Kier alpha value is -6.26. The van der Waals surface area contributed by atoms with Crippen molar-refractivity contribution in [3.63, 3.8) is 0 Å². The van der Waals surface area contributed by atoms with E-state index in [1.54, 1.807) is 0 Å². The van der Waals surface area contributed by atoms with Crippen LogP contribution < -0.4 is 20.3 Å². The molecule has 6 aromatic rings. The third kappa shape index (κ3) is 14.3. The molecule has 0 fully saturated rings. The summed E-state index contributed by atoms with van der Waals surface area (Å²) in [6.45, 7) is 26.7. The molecule has 0 bridgehead atoms. The van der Waals surface area contributed by atoms with Crippen molar-refractivity contribution < 1.29 is 38.4 Å². The third-order valence-corrected chi connectivity index (χ3v) is 22.5. The standard InChI is InChI=1S/C43H45ClN2O3S.C38H47ClN2O3S/c1-6-26-45-35-22-18-29-12-7-9-16-33(29)39(35)42(2,3)37(45)24-20-31-14-11-15-32(41(31)44)21-25-38-43(4,5)40-34-17-10-8-13-30(34)19-23-36(40)46(38)27-28-50-49-48-47;1-6-7-12-25-40-32-17-10-8-15-30(32)37(2,3)34(40)23-21-28-19-20-29(36(28)39)22-24-35-38(4,5)31-16-9-11-18-33(31)41(35)26-13-14-27-45-44-43-42/h7-10,12-13,16-25H,6,11,14-15,26-28H2,1-5H3;8-11,15-18,21-24H,6-7,12-14,19-20,25-27H2,1-5H3. The summed E-state index contributed by atoms with van der Waals surface area (Å²) in [5, 5.41) is 34.5. The van der Waals surface area contributed by atoms with E-state index in [1.807, 2.05) is 0 Å². The highest BCUT2D eigenvalue weighted by Gasteiger charge is 2.47. The first-order chi connectivity index (χ1) is 45.9. The molecule has 498 valence electrons. The van der Waals surface area contributed by atoms with Gasteiger partial charge in [0, 0.05) is 141 Å². The highest BCUT2D eigenvalue weighted by molar-refractivity contribution is 7.94. The molecule has 0 N–H and O–H groups in total. The average Bonchev–Trinajstić information content (AvgIpc) is 1.60. The maximum atomic E-state index is 10.5. The molecule has 0 aromatic heterocycles. The van der Waals surface area contributed by atoms with Gasteiger partial charge in [0.2, 0.25) is 11.4 Å². The molecule has 2 aliphatic carbocycles. The van der Waals surface area contributed by atoms with Crippen LogP contribution in [0.3, 0.4) is 0 Å². The number of hydrogen-bond acceptors (Lipinski definition) is 10. The molecule has 0 saturated heterocycles. The Morgan fingerprint density at radius 3 is 1.73 bits per heavy atom. The lowest BCUT2D eigenvalue weighted by Crippen LogP contribution is -2.28. The first kappa shape index (κ1) is 70.1. The molecule has 6 aromatic carbocycles. The summed E-state index contributed by atoms with van der Waals surface area (Å²) in [6.07, 6.45) is 29.6. The number of nitrogens with zero attached hydrogens (tertiary/aromatic N) is 4. The fourth-order valence-electron chi connectivity index (χ4n) is 15.7. The van der Waals surface area contributed by atoms with Gasteiger partial charge in [-0.25, -0.2) is 0 Å². The normalized spacial score (nSPS) is 20.1. The van der Waals surface area contributed by atoms with Crippen molar-refractivity contribution >= 4 is 103 Å². The number of allylic oxidation sites excluding steroid dienone is 16. The van der Waals surface area contributed by atoms with Crippen LogP contribution in [0.15, 0.2) is 214 Å². The van der Waals surface area contributed by atoms with Gasteiger partial charge in [-0.15, -0.1) is 0 Å². The van der Waals surface area contributed by atoms with E-state index in [0.717, 1.165) is 111 Å². The highest BCUT2D eigenvalue weighted by atomic mass is 35.5. The summed E-state index contributed by atoms with van der Waals surface area (Å²) in [7, 11) is 0. The molecule has 0 saturated carbocycles. The van der Waals surface area contributed by atoms with Crippen molar-refractivity contribution in [3.05, 3.63) is 236 Å². The Morgan fingerprint density at radius 2 is 1.04 bits per heavy atom. The number of anilines is 2. The van der Waals surface area contributed by atoms with Crippen LogP contribution >= 0.6 is 47.3 Å². The Kier molecular flexibility index (Phi) is 22.6. The number of halogens is 2. The van der Waals surface area contributed by atoms with Gasteiger partial charge in [-0.1, -0.05) is 186 Å². The topological polar surface area (TPSA) is 95.5 Å². The molecular weight excluding hydrogens is 1260 g/mol.